The van der Waals surface area contributed by atoms with Crippen molar-refractivity contribution in [2.24, 2.45) is 0 Å². The van der Waals surface area contributed by atoms with Crippen molar-refractivity contribution in [2.75, 3.05) is 0 Å². The molecule has 0 saturated heterocycles. The molecule has 0 heterocycles. The summed E-state index contributed by atoms with van der Waals surface area (Å²) in [6, 6.07) is 26.1. The zero-order valence-electron chi connectivity index (χ0n) is 15.5. The molecule has 26 heavy (non-hydrogen) atoms. The van der Waals surface area contributed by atoms with Gasteiger partial charge in [0.05, 0.1) is 5.56 Å². The molecule has 0 aromatic heterocycles. The average molecular weight is 344 g/mol. The molecule has 2 atom stereocenters. The summed E-state index contributed by atoms with van der Waals surface area (Å²) in [7, 11) is 0. The van der Waals surface area contributed by atoms with Gasteiger partial charge in [0.2, 0.25) is 0 Å². The van der Waals surface area contributed by atoms with Gasteiger partial charge in [-0.25, -0.2) is 4.79 Å². The number of benzene rings is 3. The highest BCUT2D eigenvalue weighted by Crippen LogP contribution is 2.23. The third-order valence-corrected chi connectivity index (χ3v) is 4.83. The molecule has 0 saturated carbocycles. The van der Waals surface area contributed by atoms with Gasteiger partial charge in [0.25, 0.3) is 0 Å². The minimum atomic E-state index is -0.282. The van der Waals surface area contributed by atoms with Crippen molar-refractivity contribution in [3.05, 3.63) is 95.6 Å². The lowest BCUT2D eigenvalue weighted by Gasteiger charge is -2.21. The SMILES string of the molecule is Cc1ccc(-c2ccc(C(=O)OC(C)C(C)c3ccccc3)cc2)cc1. The number of hydrogen-bond donors (Lipinski definition) is 0. The molecule has 2 nitrogen and oxygen atoms in total. The second-order valence-corrected chi connectivity index (χ2v) is 6.75. The molecule has 3 aromatic carbocycles. The van der Waals surface area contributed by atoms with E-state index in [0.29, 0.717) is 5.56 Å². The maximum Gasteiger partial charge on any atom is 0.338 e. The molecule has 0 aliphatic rings. The van der Waals surface area contributed by atoms with E-state index in [1.54, 1.807) is 0 Å². The van der Waals surface area contributed by atoms with Crippen molar-refractivity contribution in [3.8, 4) is 11.1 Å². The molecule has 0 aliphatic carbocycles. The lowest BCUT2D eigenvalue weighted by atomic mass is 9.96. The summed E-state index contributed by atoms with van der Waals surface area (Å²) in [5.41, 5.74) is 5.21. The van der Waals surface area contributed by atoms with E-state index < -0.39 is 0 Å². The number of aryl methyl sites for hydroxylation is 1. The fourth-order valence-electron chi connectivity index (χ4n) is 2.91. The molecule has 0 fully saturated rings. The summed E-state index contributed by atoms with van der Waals surface area (Å²) in [6.45, 7) is 6.09. The Morgan fingerprint density at radius 1 is 0.769 bits per heavy atom. The molecule has 2 unspecified atom stereocenters. The van der Waals surface area contributed by atoms with Gasteiger partial charge >= 0.3 is 5.97 Å². The van der Waals surface area contributed by atoms with E-state index in [0.717, 1.165) is 11.1 Å². The Balaban J connectivity index is 1.67. The molecular weight excluding hydrogens is 320 g/mol. The molecular formula is C24H24O2. The third kappa shape index (κ3) is 4.20. The fraction of sp³-hybridized carbons (Fsp3) is 0.208. The molecule has 3 rings (SSSR count). The summed E-state index contributed by atoms with van der Waals surface area (Å²) in [6.07, 6.45) is -0.193. The Bertz CT molecular complexity index is 849. The van der Waals surface area contributed by atoms with Gasteiger partial charge in [-0.2, -0.15) is 0 Å². The van der Waals surface area contributed by atoms with Gasteiger partial charge in [-0.15, -0.1) is 0 Å². The third-order valence-electron chi connectivity index (χ3n) is 4.83. The van der Waals surface area contributed by atoms with Crippen LogP contribution in [0.5, 0.6) is 0 Å². The molecule has 0 radical (unpaired) electrons. The first-order valence-electron chi connectivity index (χ1n) is 8.97. The summed E-state index contributed by atoms with van der Waals surface area (Å²) in [5, 5.41) is 0. The smallest absolute Gasteiger partial charge is 0.338 e. The van der Waals surface area contributed by atoms with Gasteiger partial charge in [-0.1, -0.05) is 79.2 Å². The van der Waals surface area contributed by atoms with Crippen molar-refractivity contribution in [2.45, 2.75) is 32.8 Å². The van der Waals surface area contributed by atoms with E-state index in [9.17, 15) is 4.79 Å². The van der Waals surface area contributed by atoms with Crippen molar-refractivity contribution in [1.82, 2.24) is 0 Å². The first-order chi connectivity index (χ1) is 12.5. The first kappa shape index (κ1) is 17.9. The number of ether oxygens (including phenoxy) is 1. The highest BCUT2D eigenvalue weighted by molar-refractivity contribution is 5.90. The minimum Gasteiger partial charge on any atom is -0.458 e. The van der Waals surface area contributed by atoms with Crippen LogP contribution in [0.25, 0.3) is 11.1 Å². The van der Waals surface area contributed by atoms with Crippen LogP contribution in [-0.4, -0.2) is 12.1 Å². The Kier molecular flexibility index (Phi) is 5.52. The Hall–Kier alpha value is -2.87. The van der Waals surface area contributed by atoms with Crippen molar-refractivity contribution < 1.29 is 9.53 Å². The van der Waals surface area contributed by atoms with Gasteiger partial charge in [0.1, 0.15) is 6.10 Å². The maximum atomic E-state index is 12.5. The van der Waals surface area contributed by atoms with Crippen LogP contribution in [0, 0.1) is 6.92 Å². The summed E-state index contributed by atoms with van der Waals surface area (Å²) >= 11 is 0. The maximum absolute atomic E-state index is 12.5. The van der Waals surface area contributed by atoms with Gasteiger partial charge < -0.3 is 4.74 Å². The lowest BCUT2D eigenvalue weighted by Crippen LogP contribution is -2.20. The normalized spacial score (nSPS) is 13.0. The second-order valence-electron chi connectivity index (χ2n) is 6.75. The predicted octanol–water partition coefficient (Wildman–Crippen LogP) is 6.01. The van der Waals surface area contributed by atoms with Crippen LogP contribution in [-0.2, 0) is 4.74 Å². The van der Waals surface area contributed by atoms with Crippen LogP contribution < -0.4 is 0 Å². The van der Waals surface area contributed by atoms with E-state index in [2.05, 4.69) is 50.2 Å². The highest BCUT2D eigenvalue weighted by Gasteiger charge is 2.19. The summed E-state index contributed by atoms with van der Waals surface area (Å²) in [5.74, 6) is -0.136. The van der Waals surface area contributed by atoms with Crippen LogP contribution in [0.2, 0.25) is 0 Å². The predicted molar refractivity (Wildman–Crippen MR) is 106 cm³/mol. The van der Waals surface area contributed by atoms with E-state index in [1.807, 2.05) is 49.4 Å². The Morgan fingerprint density at radius 3 is 1.88 bits per heavy atom. The van der Waals surface area contributed by atoms with E-state index in [1.165, 1.54) is 11.1 Å². The van der Waals surface area contributed by atoms with Crippen molar-refractivity contribution in [1.29, 1.82) is 0 Å². The Morgan fingerprint density at radius 2 is 1.31 bits per heavy atom. The van der Waals surface area contributed by atoms with Crippen LogP contribution >= 0.6 is 0 Å². The van der Waals surface area contributed by atoms with Crippen LogP contribution in [0.4, 0.5) is 0 Å². The quantitative estimate of drug-likeness (QED) is 0.530. The highest BCUT2D eigenvalue weighted by atomic mass is 16.5. The molecule has 2 heteroatoms. The van der Waals surface area contributed by atoms with E-state index >= 15 is 0 Å². The monoisotopic (exact) mass is 344 g/mol. The molecule has 0 aliphatic heterocycles. The molecule has 0 bridgehead atoms. The summed E-state index contributed by atoms with van der Waals surface area (Å²) < 4.78 is 5.67. The van der Waals surface area contributed by atoms with Crippen LogP contribution in [0.15, 0.2) is 78.9 Å². The van der Waals surface area contributed by atoms with E-state index in [-0.39, 0.29) is 18.0 Å². The van der Waals surface area contributed by atoms with Gasteiger partial charge in [-0.05, 0) is 42.7 Å². The molecule has 3 aromatic rings. The van der Waals surface area contributed by atoms with Crippen LogP contribution in [0.3, 0.4) is 0 Å². The molecule has 0 spiro atoms. The second kappa shape index (κ2) is 8.01. The van der Waals surface area contributed by atoms with Crippen molar-refractivity contribution in [3.63, 3.8) is 0 Å². The number of carbonyl (C=O) groups is 1. The summed E-state index contributed by atoms with van der Waals surface area (Å²) in [4.78, 5) is 12.5. The van der Waals surface area contributed by atoms with Gasteiger partial charge in [-0.3, -0.25) is 0 Å². The zero-order chi connectivity index (χ0) is 18.5. The molecule has 132 valence electrons. The number of rotatable bonds is 5. The Labute approximate surface area is 155 Å². The average Bonchev–Trinajstić information content (AvgIpc) is 2.68. The zero-order valence-corrected chi connectivity index (χ0v) is 15.5. The van der Waals surface area contributed by atoms with Gasteiger partial charge in [0.15, 0.2) is 0 Å². The van der Waals surface area contributed by atoms with Crippen molar-refractivity contribution >= 4 is 5.97 Å². The van der Waals surface area contributed by atoms with Crippen LogP contribution in [0.1, 0.15) is 41.3 Å². The minimum absolute atomic E-state index is 0.145. The molecule has 0 amide bonds. The van der Waals surface area contributed by atoms with Gasteiger partial charge in [0, 0.05) is 5.92 Å². The standard InChI is InChI=1S/C24H24O2/c1-17-9-11-21(12-10-17)22-13-15-23(16-14-22)24(25)26-19(3)18(2)20-7-5-4-6-8-20/h4-16,18-19H,1-3H3. The molecule has 0 N–H and O–H groups in total. The lowest BCUT2D eigenvalue weighted by molar-refractivity contribution is 0.0293. The topological polar surface area (TPSA) is 26.3 Å². The van der Waals surface area contributed by atoms with E-state index in [4.69, 9.17) is 4.74 Å². The first-order valence-corrected chi connectivity index (χ1v) is 8.97. The largest absolute Gasteiger partial charge is 0.458 e. The number of carbonyl (C=O) groups excluding carboxylic acids is 1. The fourth-order valence-corrected chi connectivity index (χ4v) is 2.91. The number of hydrogen-bond acceptors (Lipinski definition) is 2. The number of esters is 1.